The van der Waals surface area contributed by atoms with E-state index in [-0.39, 0.29) is 6.54 Å². The Balaban J connectivity index is 4.75. The van der Waals surface area contributed by atoms with Crippen LogP contribution in [0.1, 0.15) is 13.8 Å². The Kier molecular flexibility index (Phi) is 3.26. The molecule has 0 fully saturated rings. The number of carbonyl (C=O) groups is 1. The van der Waals surface area contributed by atoms with Gasteiger partial charge in [0.05, 0.1) is 0 Å². The molecule has 0 aliphatic rings. The van der Waals surface area contributed by atoms with E-state index in [1.807, 2.05) is 0 Å². The highest BCUT2D eigenvalue weighted by atomic mass is 32.2. The average molecular weight is 192 g/mol. The summed E-state index contributed by atoms with van der Waals surface area (Å²) < 4.78 is 20.8. The Bertz CT molecular complexity index is 266. The molecule has 0 aromatic rings. The zero-order valence-electron chi connectivity index (χ0n) is 7.55. The summed E-state index contributed by atoms with van der Waals surface area (Å²) in [5.74, 6) is -0.514. The molecule has 4 nitrogen and oxygen atoms in total. The highest BCUT2D eigenvalue weighted by Crippen LogP contribution is 2.14. The molecule has 0 heterocycles. The van der Waals surface area contributed by atoms with Crippen molar-refractivity contribution in [2.24, 2.45) is 0 Å². The third-order valence-electron chi connectivity index (χ3n) is 1.76. The van der Waals surface area contributed by atoms with Gasteiger partial charge in [-0.2, -0.15) is 0 Å². The minimum atomic E-state index is -3.36. The number of rotatable bonds is 3. The minimum absolute atomic E-state index is 0.192. The van der Waals surface area contributed by atoms with Crippen LogP contribution in [-0.4, -0.2) is 31.9 Å². The molecule has 0 aliphatic heterocycles. The summed E-state index contributed by atoms with van der Waals surface area (Å²) in [7, 11) is -3.36. The van der Waals surface area contributed by atoms with E-state index in [1.165, 1.54) is 13.8 Å². The molecule has 12 heavy (non-hydrogen) atoms. The highest BCUT2D eigenvalue weighted by molar-refractivity contribution is 7.92. The van der Waals surface area contributed by atoms with Crippen molar-refractivity contribution in [2.75, 3.05) is 12.8 Å². The predicted octanol–water partition coefficient (Wildman–Crippen LogP) is -0.240. The summed E-state index contributed by atoms with van der Waals surface area (Å²) in [6.45, 7) is 6.32. The number of hydrogen-bond donors (Lipinski definition) is 1. The summed E-state index contributed by atoms with van der Waals surface area (Å²) in [5, 5.41) is 2.36. The molecule has 0 unspecified atom stereocenters. The molecule has 0 aromatic carbocycles. The van der Waals surface area contributed by atoms with Crippen LogP contribution in [0, 0.1) is 6.92 Å². The SMILES string of the molecule is [CH2]CNC(=O)C(C)(C)S(C)(=O)=O. The second-order valence-electron chi connectivity index (χ2n) is 3.04. The minimum Gasteiger partial charge on any atom is -0.355 e. The fourth-order valence-electron chi connectivity index (χ4n) is 0.495. The Hall–Kier alpha value is -0.580. The first kappa shape index (κ1) is 11.4. The summed E-state index contributed by atoms with van der Waals surface area (Å²) in [4.78, 5) is 11.2. The molecule has 0 bridgehead atoms. The maximum atomic E-state index is 11.2. The number of hydrogen-bond acceptors (Lipinski definition) is 3. The standard InChI is InChI=1S/C7H14NO3S/c1-5-8-6(9)7(2,3)12(4,10)11/h1,5H2,2-4H3,(H,8,9). The molecule has 0 saturated heterocycles. The number of nitrogens with one attached hydrogen (secondary N) is 1. The third kappa shape index (κ3) is 2.20. The first-order valence-corrected chi connectivity index (χ1v) is 5.39. The van der Waals surface area contributed by atoms with Crippen molar-refractivity contribution in [1.29, 1.82) is 0 Å². The first-order valence-electron chi connectivity index (χ1n) is 3.50. The van der Waals surface area contributed by atoms with Crippen LogP contribution in [0.25, 0.3) is 0 Å². The van der Waals surface area contributed by atoms with Gasteiger partial charge in [0.25, 0.3) is 0 Å². The Morgan fingerprint density at radius 3 is 2.17 bits per heavy atom. The Morgan fingerprint density at radius 2 is 1.92 bits per heavy atom. The van der Waals surface area contributed by atoms with E-state index in [1.54, 1.807) is 0 Å². The van der Waals surface area contributed by atoms with Crippen LogP contribution in [0.2, 0.25) is 0 Å². The largest absolute Gasteiger partial charge is 0.355 e. The van der Waals surface area contributed by atoms with Crippen molar-refractivity contribution >= 4 is 15.7 Å². The lowest BCUT2D eigenvalue weighted by Gasteiger charge is -2.20. The molecule has 0 spiro atoms. The van der Waals surface area contributed by atoms with E-state index in [0.29, 0.717) is 0 Å². The highest BCUT2D eigenvalue weighted by Gasteiger charge is 2.37. The summed E-state index contributed by atoms with van der Waals surface area (Å²) in [6, 6.07) is 0. The van der Waals surface area contributed by atoms with Crippen molar-refractivity contribution < 1.29 is 13.2 Å². The van der Waals surface area contributed by atoms with Crippen LogP contribution in [0.3, 0.4) is 0 Å². The van der Waals surface area contributed by atoms with Gasteiger partial charge in [0, 0.05) is 12.8 Å². The van der Waals surface area contributed by atoms with E-state index in [9.17, 15) is 13.2 Å². The molecule has 0 atom stereocenters. The molecule has 5 heteroatoms. The van der Waals surface area contributed by atoms with Crippen molar-refractivity contribution in [3.05, 3.63) is 6.92 Å². The van der Waals surface area contributed by atoms with E-state index in [2.05, 4.69) is 12.2 Å². The quantitative estimate of drug-likeness (QED) is 0.671. The van der Waals surface area contributed by atoms with Crippen molar-refractivity contribution in [2.45, 2.75) is 18.6 Å². The lowest BCUT2D eigenvalue weighted by atomic mass is 10.2. The van der Waals surface area contributed by atoms with Gasteiger partial charge in [-0.05, 0) is 20.8 Å². The third-order valence-corrected chi connectivity index (χ3v) is 3.80. The second kappa shape index (κ2) is 3.43. The van der Waals surface area contributed by atoms with Crippen LogP contribution >= 0.6 is 0 Å². The van der Waals surface area contributed by atoms with E-state index in [4.69, 9.17) is 0 Å². The monoisotopic (exact) mass is 192 g/mol. The zero-order valence-corrected chi connectivity index (χ0v) is 8.36. The second-order valence-corrected chi connectivity index (χ2v) is 5.60. The van der Waals surface area contributed by atoms with E-state index in [0.717, 1.165) is 6.26 Å². The van der Waals surface area contributed by atoms with Gasteiger partial charge in [-0.1, -0.05) is 0 Å². The van der Waals surface area contributed by atoms with Crippen LogP contribution < -0.4 is 5.32 Å². The number of sulfone groups is 1. The Labute approximate surface area is 73.3 Å². The van der Waals surface area contributed by atoms with Gasteiger partial charge in [0.15, 0.2) is 9.84 Å². The molecule has 1 radical (unpaired) electrons. The maximum absolute atomic E-state index is 11.2. The normalized spacial score (nSPS) is 12.7. The van der Waals surface area contributed by atoms with Crippen molar-refractivity contribution in [3.8, 4) is 0 Å². The van der Waals surface area contributed by atoms with Gasteiger partial charge >= 0.3 is 0 Å². The van der Waals surface area contributed by atoms with Crippen LogP contribution in [0.5, 0.6) is 0 Å². The van der Waals surface area contributed by atoms with Gasteiger partial charge in [-0.25, -0.2) is 8.42 Å². The van der Waals surface area contributed by atoms with Crippen LogP contribution in [-0.2, 0) is 14.6 Å². The molecule has 71 valence electrons. The predicted molar refractivity (Wildman–Crippen MR) is 47.3 cm³/mol. The summed E-state index contributed by atoms with van der Waals surface area (Å²) >= 11 is 0. The van der Waals surface area contributed by atoms with Gasteiger partial charge in [-0.3, -0.25) is 4.79 Å². The molecule has 1 N–H and O–H groups in total. The smallest absolute Gasteiger partial charge is 0.240 e. The van der Waals surface area contributed by atoms with Crippen molar-refractivity contribution in [3.63, 3.8) is 0 Å². The number of carbonyl (C=O) groups excluding carboxylic acids is 1. The van der Waals surface area contributed by atoms with E-state index >= 15 is 0 Å². The topological polar surface area (TPSA) is 63.2 Å². The van der Waals surface area contributed by atoms with E-state index < -0.39 is 20.5 Å². The average Bonchev–Trinajstić information content (AvgIpc) is 1.85. The van der Waals surface area contributed by atoms with Crippen LogP contribution in [0.4, 0.5) is 0 Å². The molecular weight excluding hydrogens is 178 g/mol. The summed E-state index contributed by atoms with van der Waals surface area (Å²) in [5.41, 5.74) is 0. The van der Waals surface area contributed by atoms with Crippen LogP contribution in [0.15, 0.2) is 0 Å². The fourth-order valence-corrected chi connectivity index (χ4v) is 0.904. The lowest BCUT2D eigenvalue weighted by molar-refractivity contribution is -0.122. The Morgan fingerprint density at radius 1 is 1.50 bits per heavy atom. The zero-order chi connectivity index (χ0) is 9.99. The van der Waals surface area contributed by atoms with Gasteiger partial charge in [0.1, 0.15) is 4.75 Å². The van der Waals surface area contributed by atoms with Gasteiger partial charge < -0.3 is 5.32 Å². The fraction of sp³-hybridized carbons (Fsp3) is 0.714. The maximum Gasteiger partial charge on any atom is 0.240 e. The molecule has 0 saturated carbocycles. The first-order chi connectivity index (χ1) is 5.23. The van der Waals surface area contributed by atoms with Gasteiger partial charge in [-0.15, -0.1) is 0 Å². The van der Waals surface area contributed by atoms with Crippen molar-refractivity contribution in [1.82, 2.24) is 5.32 Å². The summed E-state index contributed by atoms with van der Waals surface area (Å²) in [6.07, 6.45) is 1.04. The molecule has 1 amide bonds. The number of amides is 1. The lowest BCUT2D eigenvalue weighted by Crippen LogP contribution is -2.47. The van der Waals surface area contributed by atoms with Gasteiger partial charge in [0.2, 0.25) is 5.91 Å². The molecule has 0 rings (SSSR count). The molecule has 0 aromatic heterocycles. The molecule has 0 aliphatic carbocycles. The molecular formula is C7H14NO3S.